The van der Waals surface area contributed by atoms with Gasteiger partial charge in [-0.1, -0.05) is 45.0 Å². The second-order valence-corrected chi connectivity index (χ2v) is 7.41. The summed E-state index contributed by atoms with van der Waals surface area (Å²) in [5, 5.41) is 12.1. The molecule has 4 heteroatoms. The second kappa shape index (κ2) is 6.46. The van der Waals surface area contributed by atoms with Crippen molar-refractivity contribution < 1.29 is 4.42 Å². The Morgan fingerprint density at radius 1 is 1.21 bits per heavy atom. The highest BCUT2D eigenvalue weighted by atomic mass is 32.1. The van der Waals surface area contributed by atoms with Crippen LogP contribution in [0.5, 0.6) is 0 Å². The zero-order valence-corrected chi connectivity index (χ0v) is 14.7. The lowest BCUT2D eigenvalue weighted by Crippen LogP contribution is -2.10. The van der Waals surface area contributed by atoms with Crippen LogP contribution in [-0.4, -0.2) is 4.98 Å². The number of hydrogen-bond acceptors (Lipinski definition) is 4. The third-order valence-electron chi connectivity index (χ3n) is 3.73. The minimum Gasteiger partial charge on any atom is -0.465 e. The number of benzene rings is 1. The van der Waals surface area contributed by atoms with Crippen molar-refractivity contribution >= 4 is 23.0 Å². The Kier molecular flexibility index (Phi) is 4.37. The van der Waals surface area contributed by atoms with Crippen LogP contribution in [0, 0.1) is 11.3 Å². The molecule has 2 aromatic heterocycles. The molecule has 0 atom stereocenters. The van der Waals surface area contributed by atoms with E-state index in [0.717, 1.165) is 11.3 Å². The van der Waals surface area contributed by atoms with E-state index in [4.69, 9.17) is 4.42 Å². The van der Waals surface area contributed by atoms with Crippen LogP contribution >= 0.6 is 11.3 Å². The third kappa shape index (κ3) is 3.47. The van der Waals surface area contributed by atoms with Crippen molar-refractivity contribution in [3.63, 3.8) is 0 Å². The van der Waals surface area contributed by atoms with Crippen LogP contribution < -0.4 is 0 Å². The van der Waals surface area contributed by atoms with Gasteiger partial charge in [0, 0.05) is 17.0 Å². The molecule has 0 radical (unpaired) electrons. The molecule has 0 aliphatic heterocycles. The van der Waals surface area contributed by atoms with E-state index in [1.54, 1.807) is 18.4 Å². The summed E-state index contributed by atoms with van der Waals surface area (Å²) >= 11 is 1.47. The fraction of sp³-hybridized carbons (Fsp3) is 0.200. The van der Waals surface area contributed by atoms with E-state index in [9.17, 15) is 5.26 Å². The molecular weight excluding hydrogens is 316 g/mol. The number of furan rings is 1. The van der Waals surface area contributed by atoms with Crippen molar-refractivity contribution in [1.82, 2.24) is 4.98 Å². The van der Waals surface area contributed by atoms with E-state index >= 15 is 0 Å². The summed E-state index contributed by atoms with van der Waals surface area (Å²) in [6, 6.07) is 14.3. The number of hydrogen-bond donors (Lipinski definition) is 0. The van der Waals surface area contributed by atoms with Gasteiger partial charge in [-0.05, 0) is 23.1 Å². The molecule has 0 aliphatic carbocycles. The Labute approximate surface area is 145 Å². The van der Waals surface area contributed by atoms with Gasteiger partial charge in [0.2, 0.25) is 0 Å². The van der Waals surface area contributed by atoms with Gasteiger partial charge in [-0.15, -0.1) is 11.3 Å². The zero-order chi connectivity index (χ0) is 17.2. The maximum absolute atomic E-state index is 9.39. The van der Waals surface area contributed by atoms with E-state index in [2.05, 4.69) is 56.1 Å². The van der Waals surface area contributed by atoms with Gasteiger partial charge in [-0.25, -0.2) is 4.98 Å². The number of allylic oxidation sites excluding steroid dienone is 1. The van der Waals surface area contributed by atoms with E-state index < -0.39 is 0 Å². The Bertz CT molecular complexity index is 889. The average molecular weight is 334 g/mol. The van der Waals surface area contributed by atoms with Crippen LogP contribution in [0.4, 0.5) is 0 Å². The fourth-order valence-electron chi connectivity index (χ4n) is 2.33. The first-order valence-corrected chi connectivity index (χ1v) is 8.57. The van der Waals surface area contributed by atoms with Crippen molar-refractivity contribution in [2.45, 2.75) is 26.2 Å². The maximum atomic E-state index is 9.39. The summed E-state index contributed by atoms with van der Waals surface area (Å²) in [5.74, 6) is 0.651. The van der Waals surface area contributed by atoms with Crippen LogP contribution in [0.25, 0.3) is 22.9 Å². The van der Waals surface area contributed by atoms with Crippen LogP contribution in [0.3, 0.4) is 0 Å². The van der Waals surface area contributed by atoms with E-state index in [-0.39, 0.29) is 5.41 Å². The van der Waals surface area contributed by atoms with Gasteiger partial charge in [-0.2, -0.15) is 5.26 Å². The molecule has 0 unspecified atom stereocenters. The molecule has 3 aromatic rings. The van der Waals surface area contributed by atoms with E-state index in [1.165, 1.54) is 16.9 Å². The molecule has 1 aromatic carbocycles. The summed E-state index contributed by atoms with van der Waals surface area (Å²) < 4.78 is 5.27. The minimum absolute atomic E-state index is 0.130. The predicted molar refractivity (Wildman–Crippen MR) is 98.4 cm³/mol. The first-order chi connectivity index (χ1) is 11.5. The van der Waals surface area contributed by atoms with Gasteiger partial charge in [0.05, 0.1) is 17.5 Å². The molecule has 120 valence electrons. The number of aromatic nitrogens is 1. The largest absolute Gasteiger partial charge is 0.465 e. The average Bonchev–Trinajstić information content (AvgIpc) is 3.23. The topological polar surface area (TPSA) is 49.8 Å². The summed E-state index contributed by atoms with van der Waals surface area (Å²) in [4.78, 5) is 4.61. The molecule has 24 heavy (non-hydrogen) atoms. The van der Waals surface area contributed by atoms with Crippen LogP contribution in [0.2, 0.25) is 0 Å². The molecule has 3 rings (SSSR count). The molecule has 0 saturated carbocycles. The zero-order valence-electron chi connectivity index (χ0n) is 13.9. The minimum atomic E-state index is 0.130. The smallest absolute Gasteiger partial charge is 0.134 e. The molecule has 0 saturated heterocycles. The van der Waals surface area contributed by atoms with E-state index in [0.29, 0.717) is 16.3 Å². The molecule has 0 aliphatic rings. The fourth-order valence-corrected chi connectivity index (χ4v) is 3.12. The molecule has 0 fully saturated rings. The van der Waals surface area contributed by atoms with Gasteiger partial charge in [-0.3, -0.25) is 0 Å². The number of rotatable bonds is 3. The second-order valence-electron chi connectivity index (χ2n) is 6.55. The van der Waals surface area contributed by atoms with Gasteiger partial charge in [0.25, 0.3) is 0 Å². The van der Waals surface area contributed by atoms with Crippen molar-refractivity contribution in [3.8, 4) is 17.3 Å². The van der Waals surface area contributed by atoms with Gasteiger partial charge in [0.1, 0.15) is 16.8 Å². The molecule has 2 heterocycles. The lowest BCUT2D eigenvalue weighted by atomic mass is 9.86. The van der Waals surface area contributed by atoms with Crippen molar-refractivity contribution in [1.29, 1.82) is 5.26 Å². The molecule has 0 N–H and O–H groups in total. The number of thiazole rings is 1. The first-order valence-electron chi connectivity index (χ1n) is 7.69. The Morgan fingerprint density at radius 3 is 2.54 bits per heavy atom. The van der Waals surface area contributed by atoms with Crippen molar-refractivity contribution in [2.75, 3.05) is 0 Å². The van der Waals surface area contributed by atoms with Gasteiger partial charge >= 0.3 is 0 Å². The maximum Gasteiger partial charge on any atom is 0.134 e. The standard InChI is InChI=1S/C20H18N2OS/c1-20(2,3)16-8-6-14(7-9-16)18-13-24-19(22-18)15(12-21)11-17-5-4-10-23-17/h4-11,13H,1-3H3/b15-11+. The lowest BCUT2D eigenvalue weighted by molar-refractivity contribution is 0.557. The number of nitrogens with zero attached hydrogens (tertiary/aromatic N) is 2. The SMILES string of the molecule is CC(C)(C)c1ccc(-c2csc(/C(C#N)=C/c3ccco3)n2)cc1. The monoisotopic (exact) mass is 334 g/mol. The summed E-state index contributed by atoms with van der Waals surface area (Å²) in [6.07, 6.45) is 3.30. The number of nitriles is 1. The highest BCUT2D eigenvalue weighted by Crippen LogP contribution is 2.29. The normalized spacial score (nSPS) is 12.2. The Morgan fingerprint density at radius 2 is 1.96 bits per heavy atom. The van der Waals surface area contributed by atoms with E-state index in [1.807, 2.05) is 11.4 Å². The third-order valence-corrected chi connectivity index (χ3v) is 4.61. The van der Waals surface area contributed by atoms with Gasteiger partial charge < -0.3 is 4.42 Å². The molecule has 0 bridgehead atoms. The molecule has 0 amide bonds. The molecular formula is C20H18N2OS. The highest BCUT2D eigenvalue weighted by molar-refractivity contribution is 7.11. The predicted octanol–water partition coefficient (Wildman–Crippen LogP) is 5.76. The summed E-state index contributed by atoms with van der Waals surface area (Å²) in [7, 11) is 0. The van der Waals surface area contributed by atoms with Crippen LogP contribution in [0.1, 0.15) is 37.1 Å². The highest BCUT2D eigenvalue weighted by Gasteiger charge is 2.14. The summed E-state index contributed by atoms with van der Waals surface area (Å²) in [6.45, 7) is 6.59. The Balaban J connectivity index is 1.89. The molecule has 0 spiro atoms. The first kappa shape index (κ1) is 16.2. The van der Waals surface area contributed by atoms with Gasteiger partial charge in [0.15, 0.2) is 0 Å². The van der Waals surface area contributed by atoms with Crippen LogP contribution in [-0.2, 0) is 5.41 Å². The summed E-state index contributed by atoms with van der Waals surface area (Å²) in [5.41, 5.74) is 3.87. The molecule has 3 nitrogen and oxygen atoms in total. The Hall–Kier alpha value is -2.64. The van der Waals surface area contributed by atoms with Crippen LogP contribution in [0.15, 0.2) is 52.5 Å². The van der Waals surface area contributed by atoms with Crippen molar-refractivity contribution in [2.24, 2.45) is 0 Å². The quantitative estimate of drug-likeness (QED) is 0.572. The van der Waals surface area contributed by atoms with Crippen molar-refractivity contribution in [3.05, 3.63) is 64.4 Å². The lowest BCUT2D eigenvalue weighted by Gasteiger charge is -2.18.